The number of para-hydroxylation sites is 1. The highest BCUT2D eigenvalue weighted by molar-refractivity contribution is 6.13. The normalized spacial score (nSPS) is 11.4. The van der Waals surface area contributed by atoms with Crippen molar-refractivity contribution in [3.63, 3.8) is 0 Å². The molecule has 2 aromatic heterocycles. The second kappa shape index (κ2) is 6.55. The predicted octanol–water partition coefficient (Wildman–Crippen LogP) is 5.46. The highest BCUT2D eigenvalue weighted by Crippen LogP contribution is 2.40. The fraction of sp³-hybridized carbons (Fsp3) is 0.250. The molecular weight excluding hydrogens is 332 g/mol. The van der Waals surface area contributed by atoms with Gasteiger partial charge in [0.1, 0.15) is 12.6 Å². The number of hydrogen-bond acceptors (Lipinski definition) is 2. The molecule has 0 unspecified atom stereocenters. The highest BCUT2D eigenvalue weighted by atomic mass is 16.3. The van der Waals surface area contributed by atoms with E-state index >= 15 is 0 Å². The highest BCUT2D eigenvalue weighted by Gasteiger charge is 2.23. The lowest BCUT2D eigenvalue weighted by Crippen LogP contribution is -2.30. The van der Waals surface area contributed by atoms with Gasteiger partial charge in [-0.2, -0.15) is 5.26 Å². The number of rotatable bonds is 3. The van der Waals surface area contributed by atoms with Crippen LogP contribution in [0.15, 0.2) is 53.1 Å². The van der Waals surface area contributed by atoms with Crippen molar-refractivity contribution in [1.29, 1.82) is 5.26 Å². The van der Waals surface area contributed by atoms with Crippen molar-refractivity contribution >= 4 is 21.9 Å². The topological polar surface area (TPSA) is 40.8 Å². The van der Waals surface area contributed by atoms with Crippen LogP contribution in [-0.4, -0.2) is 0 Å². The van der Waals surface area contributed by atoms with Crippen LogP contribution in [0.25, 0.3) is 33.2 Å². The molecule has 27 heavy (non-hydrogen) atoms. The van der Waals surface area contributed by atoms with Crippen molar-refractivity contribution < 1.29 is 8.98 Å². The van der Waals surface area contributed by atoms with Crippen molar-refractivity contribution in [2.45, 2.75) is 27.2 Å². The summed E-state index contributed by atoms with van der Waals surface area (Å²) in [6, 6.07) is 16.8. The summed E-state index contributed by atoms with van der Waals surface area (Å²) in [7, 11) is 2.03. The van der Waals surface area contributed by atoms with Crippen LogP contribution in [0.1, 0.15) is 30.5 Å². The monoisotopic (exact) mass is 355 g/mol. The van der Waals surface area contributed by atoms with Crippen LogP contribution in [0.5, 0.6) is 0 Å². The van der Waals surface area contributed by atoms with Gasteiger partial charge in [0.15, 0.2) is 11.8 Å². The standard InChI is InChI=1S/C24H23N2O/c1-15(2)12-17-8-7-9-19-22-18(14-25)13-16(3)21(24(22)27-23(17)19)20-10-5-6-11-26(20)4/h5-11,13,15H,12H2,1-4H3/q+1. The Morgan fingerprint density at radius 1 is 1.11 bits per heavy atom. The summed E-state index contributed by atoms with van der Waals surface area (Å²) in [6.07, 6.45) is 2.98. The third kappa shape index (κ3) is 2.78. The quantitative estimate of drug-likeness (QED) is 0.458. The van der Waals surface area contributed by atoms with Crippen molar-refractivity contribution in [3.05, 3.63) is 65.4 Å². The summed E-state index contributed by atoms with van der Waals surface area (Å²) in [5.41, 5.74) is 6.76. The second-order valence-corrected chi connectivity index (χ2v) is 7.62. The molecule has 3 nitrogen and oxygen atoms in total. The SMILES string of the molecule is Cc1cc(C#N)c2c(oc3c(CC(C)C)cccc32)c1-c1cccc[n+]1C. The van der Waals surface area contributed by atoms with Gasteiger partial charge in [0.05, 0.1) is 17.2 Å². The van der Waals surface area contributed by atoms with Crippen LogP contribution >= 0.6 is 0 Å². The average Bonchev–Trinajstić information content (AvgIpc) is 3.02. The lowest BCUT2D eigenvalue weighted by molar-refractivity contribution is -0.660. The lowest BCUT2D eigenvalue weighted by atomic mass is 9.95. The third-order valence-electron chi connectivity index (χ3n) is 5.11. The summed E-state index contributed by atoms with van der Waals surface area (Å²) in [5.74, 6) is 0.535. The maximum atomic E-state index is 9.77. The van der Waals surface area contributed by atoms with Gasteiger partial charge in [-0.25, -0.2) is 4.57 Å². The van der Waals surface area contributed by atoms with Crippen molar-refractivity contribution in [2.75, 3.05) is 0 Å². The number of nitrogens with zero attached hydrogens (tertiary/aromatic N) is 2. The maximum absolute atomic E-state index is 9.77. The van der Waals surface area contributed by atoms with E-state index in [1.165, 1.54) is 5.56 Å². The first-order valence-corrected chi connectivity index (χ1v) is 9.34. The van der Waals surface area contributed by atoms with E-state index in [-0.39, 0.29) is 0 Å². The largest absolute Gasteiger partial charge is 0.455 e. The number of aryl methyl sites for hydroxylation is 2. The zero-order chi connectivity index (χ0) is 19.1. The van der Waals surface area contributed by atoms with Gasteiger partial charge in [0.2, 0.25) is 5.69 Å². The van der Waals surface area contributed by atoms with Gasteiger partial charge < -0.3 is 4.42 Å². The Labute approximate surface area is 159 Å². The Balaban J connectivity index is 2.17. The first-order valence-electron chi connectivity index (χ1n) is 9.34. The minimum absolute atomic E-state index is 0.535. The number of nitriles is 1. The van der Waals surface area contributed by atoms with Crippen molar-refractivity contribution in [1.82, 2.24) is 0 Å². The number of pyridine rings is 1. The molecular formula is C24H23N2O+. The molecule has 134 valence electrons. The van der Waals surface area contributed by atoms with Gasteiger partial charge in [0.25, 0.3) is 0 Å². The minimum atomic E-state index is 0.535. The smallest absolute Gasteiger partial charge is 0.216 e. The summed E-state index contributed by atoms with van der Waals surface area (Å²) >= 11 is 0. The van der Waals surface area contributed by atoms with E-state index in [2.05, 4.69) is 48.7 Å². The molecule has 4 aromatic rings. The van der Waals surface area contributed by atoms with E-state index in [9.17, 15) is 5.26 Å². The molecule has 0 amide bonds. The van der Waals surface area contributed by atoms with E-state index in [0.717, 1.165) is 45.2 Å². The van der Waals surface area contributed by atoms with Crippen LogP contribution in [0.3, 0.4) is 0 Å². The Morgan fingerprint density at radius 2 is 1.93 bits per heavy atom. The summed E-state index contributed by atoms with van der Waals surface area (Å²) in [4.78, 5) is 0. The zero-order valence-corrected chi connectivity index (χ0v) is 16.2. The van der Waals surface area contributed by atoms with E-state index in [1.807, 2.05) is 38.4 Å². The zero-order valence-electron chi connectivity index (χ0n) is 16.2. The van der Waals surface area contributed by atoms with E-state index in [0.29, 0.717) is 11.5 Å². The summed E-state index contributed by atoms with van der Waals surface area (Å²) in [5, 5.41) is 11.7. The van der Waals surface area contributed by atoms with Crippen LogP contribution in [0.2, 0.25) is 0 Å². The van der Waals surface area contributed by atoms with Crippen LogP contribution in [0, 0.1) is 24.2 Å². The van der Waals surface area contributed by atoms with Crippen molar-refractivity contribution in [3.8, 4) is 17.3 Å². The van der Waals surface area contributed by atoms with Gasteiger partial charge in [-0.3, -0.25) is 0 Å². The number of fused-ring (bicyclic) bond motifs is 3. The molecule has 2 aromatic carbocycles. The minimum Gasteiger partial charge on any atom is -0.455 e. The lowest BCUT2D eigenvalue weighted by Gasteiger charge is -2.06. The van der Waals surface area contributed by atoms with Gasteiger partial charge in [-0.05, 0) is 42.5 Å². The molecule has 0 fully saturated rings. The fourth-order valence-electron chi connectivity index (χ4n) is 3.95. The fourth-order valence-corrected chi connectivity index (χ4v) is 3.95. The number of hydrogen-bond donors (Lipinski definition) is 0. The second-order valence-electron chi connectivity index (χ2n) is 7.62. The molecule has 4 rings (SSSR count). The van der Waals surface area contributed by atoms with Gasteiger partial charge >= 0.3 is 0 Å². The van der Waals surface area contributed by atoms with E-state index in [4.69, 9.17) is 4.42 Å². The van der Waals surface area contributed by atoms with Crippen LogP contribution in [-0.2, 0) is 13.5 Å². The first-order chi connectivity index (χ1) is 13.0. The Morgan fingerprint density at radius 3 is 2.63 bits per heavy atom. The number of aromatic nitrogens is 1. The molecule has 2 heterocycles. The molecule has 0 N–H and O–H groups in total. The van der Waals surface area contributed by atoms with Crippen molar-refractivity contribution in [2.24, 2.45) is 13.0 Å². The summed E-state index contributed by atoms with van der Waals surface area (Å²) < 4.78 is 8.58. The molecule has 0 spiro atoms. The number of benzene rings is 2. The predicted molar refractivity (Wildman–Crippen MR) is 108 cm³/mol. The first kappa shape index (κ1) is 17.3. The number of furan rings is 1. The Kier molecular flexibility index (Phi) is 4.20. The average molecular weight is 355 g/mol. The van der Waals surface area contributed by atoms with E-state index in [1.54, 1.807) is 0 Å². The van der Waals surface area contributed by atoms with Gasteiger partial charge in [-0.1, -0.05) is 32.0 Å². The van der Waals surface area contributed by atoms with Crippen LogP contribution < -0.4 is 4.57 Å². The summed E-state index contributed by atoms with van der Waals surface area (Å²) in [6.45, 7) is 6.47. The maximum Gasteiger partial charge on any atom is 0.216 e. The third-order valence-corrected chi connectivity index (χ3v) is 5.11. The Bertz CT molecular complexity index is 1210. The molecule has 3 heteroatoms. The molecule has 0 aliphatic rings. The molecule has 0 atom stereocenters. The van der Waals surface area contributed by atoms with Crippen LogP contribution in [0.4, 0.5) is 0 Å². The molecule has 0 saturated carbocycles. The molecule has 0 bridgehead atoms. The molecule has 0 saturated heterocycles. The molecule has 0 aliphatic heterocycles. The van der Waals surface area contributed by atoms with E-state index < -0.39 is 0 Å². The van der Waals surface area contributed by atoms with Gasteiger partial charge in [-0.15, -0.1) is 0 Å². The molecule has 0 radical (unpaired) electrons. The molecule has 0 aliphatic carbocycles. The van der Waals surface area contributed by atoms with Gasteiger partial charge in [0, 0.05) is 22.9 Å². The Hall–Kier alpha value is -3.12.